The van der Waals surface area contributed by atoms with E-state index in [0.29, 0.717) is 0 Å². The van der Waals surface area contributed by atoms with Crippen LogP contribution in [-0.2, 0) is 4.79 Å². The molecule has 0 unspecified atom stereocenters. The maximum absolute atomic E-state index is 11.7. The van der Waals surface area contributed by atoms with Gasteiger partial charge in [-0.15, -0.1) is 0 Å². The number of phenols is 1. The van der Waals surface area contributed by atoms with Crippen molar-refractivity contribution in [3.05, 3.63) is 28.3 Å². The Labute approximate surface area is 130 Å². The van der Waals surface area contributed by atoms with Gasteiger partial charge in [-0.05, 0) is 12.5 Å². The standard InChI is InChI=1S/C16H23NO5/c1-2-3-4-5-6-7-8-9-16(19)22-15-12-13(17(20)21)10-11-14(15)18/h10-12,18H,2-9H2,1H3. The number of unbranched alkanes of at least 4 members (excludes halogenated alkanes) is 6. The number of rotatable bonds is 10. The lowest BCUT2D eigenvalue weighted by atomic mass is 10.1. The smallest absolute Gasteiger partial charge is 0.311 e. The minimum Gasteiger partial charge on any atom is -0.504 e. The highest BCUT2D eigenvalue weighted by Crippen LogP contribution is 2.30. The van der Waals surface area contributed by atoms with Gasteiger partial charge in [-0.3, -0.25) is 14.9 Å². The zero-order chi connectivity index (χ0) is 16.4. The zero-order valence-corrected chi connectivity index (χ0v) is 12.9. The quantitative estimate of drug-likeness (QED) is 0.228. The van der Waals surface area contributed by atoms with E-state index >= 15 is 0 Å². The largest absolute Gasteiger partial charge is 0.504 e. The Morgan fingerprint density at radius 1 is 1.18 bits per heavy atom. The average Bonchev–Trinajstić information content (AvgIpc) is 2.48. The van der Waals surface area contributed by atoms with Gasteiger partial charge in [0, 0.05) is 12.5 Å². The third-order valence-corrected chi connectivity index (χ3v) is 3.36. The number of phenolic OH excluding ortho intramolecular Hbond substituents is 1. The van der Waals surface area contributed by atoms with Crippen LogP contribution in [0.1, 0.15) is 58.3 Å². The molecule has 0 bridgehead atoms. The van der Waals surface area contributed by atoms with Gasteiger partial charge >= 0.3 is 5.97 Å². The predicted octanol–water partition coefficient (Wildman–Crippen LogP) is 4.35. The Bertz CT molecular complexity index is 501. The van der Waals surface area contributed by atoms with Crippen molar-refractivity contribution in [1.82, 2.24) is 0 Å². The molecule has 0 heterocycles. The van der Waals surface area contributed by atoms with Crippen LogP contribution >= 0.6 is 0 Å². The lowest BCUT2D eigenvalue weighted by Gasteiger charge is -2.06. The molecule has 0 saturated carbocycles. The summed E-state index contributed by atoms with van der Waals surface area (Å²) in [6, 6.07) is 3.36. The number of hydrogen-bond acceptors (Lipinski definition) is 5. The second-order valence-electron chi connectivity index (χ2n) is 5.25. The normalized spacial score (nSPS) is 10.4. The molecule has 0 spiro atoms. The maximum Gasteiger partial charge on any atom is 0.311 e. The van der Waals surface area contributed by atoms with Crippen molar-refractivity contribution in [2.75, 3.05) is 0 Å². The third-order valence-electron chi connectivity index (χ3n) is 3.36. The molecule has 0 fully saturated rings. The summed E-state index contributed by atoms with van der Waals surface area (Å²) in [6.45, 7) is 2.17. The van der Waals surface area contributed by atoms with Crippen LogP contribution in [0.4, 0.5) is 5.69 Å². The van der Waals surface area contributed by atoms with E-state index in [1.54, 1.807) is 0 Å². The number of aromatic hydroxyl groups is 1. The first-order valence-electron chi connectivity index (χ1n) is 7.72. The average molecular weight is 309 g/mol. The van der Waals surface area contributed by atoms with Gasteiger partial charge in [0.05, 0.1) is 11.0 Å². The van der Waals surface area contributed by atoms with Gasteiger partial charge in [0.2, 0.25) is 0 Å². The van der Waals surface area contributed by atoms with Crippen LogP contribution in [0.25, 0.3) is 0 Å². The first-order chi connectivity index (χ1) is 10.5. The van der Waals surface area contributed by atoms with E-state index in [4.69, 9.17) is 4.74 Å². The van der Waals surface area contributed by atoms with Gasteiger partial charge in [0.1, 0.15) is 0 Å². The second kappa shape index (κ2) is 9.76. The van der Waals surface area contributed by atoms with Crippen LogP contribution in [0.2, 0.25) is 0 Å². The summed E-state index contributed by atoms with van der Waals surface area (Å²) >= 11 is 0. The molecule has 0 aliphatic heterocycles. The Hall–Kier alpha value is -2.11. The molecule has 1 rings (SSSR count). The number of benzene rings is 1. The summed E-state index contributed by atoms with van der Waals surface area (Å²) < 4.78 is 4.99. The topological polar surface area (TPSA) is 89.7 Å². The molecule has 22 heavy (non-hydrogen) atoms. The summed E-state index contributed by atoms with van der Waals surface area (Å²) in [5, 5.41) is 20.2. The van der Waals surface area contributed by atoms with E-state index in [1.807, 2.05) is 0 Å². The molecule has 0 aromatic heterocycles. The molecule has 1 aromatic carbocycles. The first kappa shape index (κ1) is 17.9. The highest BCUT2D eigenvalue weighted by Gasteiger charge is 2.14. The lowest BCUT2D eigenvalue weighted by Crippen LogP contribution is -2.08. The summed E-state index contributed by atoms with van der Waals surface area (Å²) in [5.41, 5.74) is -0.225. The Morgan fingerprint density at radius 3 is 2.45 bits per heavy atom. The van der Waals surface area contributed by atoms with Crippen molar-refractivity contribution in [2.24, 2.45) is 0 Å². The molecule has 122 valence electrons. The van der Waals surface area contributed by atoms with E-state index < -0.39 is 10.9 Å². The molecule has 6 nitrogen and oxygen atoms in total. The Morgan fingerprint density at radius 2 is 1.82 bits per heavy atom. The summed E-state index contributed by atoms with van der Waals surface area (Å²) in [5.74, 6) is -0.926. The maximum atomic E-state index is 11.7. The molecule has 0 saturated heterocycles. The van der Waals surface area contributed by atoms with Gasteiger partial charge in [0.15, 0.2) is 11.5 Å². The molecular formula is C16H23NO5. The lowest BCUT2D eigenvalue weighted by molar-refractivity contribution is -0.384. The number of carbonyl (C=O) groups is 1. The zero-order valence-electron chi connectivity index (χ0n) is 12.9. The van der Waals surface area contributed by atoms with Crippen molar-refractivity contribution >= 4 is 11.7 Å². The van der Waals surface area contributed by atoms with Crippen LogP contribution in [0.5, 0.6) is 11.5 Å². The van der Waals surface area contributed by atoms with Gasteiger partial charge in [0.25, 0.3) is 5.69 Å². The van der Waals surface area contributed by atoms with Crippen LogP contribution in [0, 0.1) is 10.1 Å². The molecular weight excluding hydrogens is 286 g/mol. The fourth-order valence-electron chi connectivity index (χ4n) is 2.10. The van der Waals surface area contributed by atoms with E-state index in [1.165, 1.54) is 25.7 Å². The summed E-state index contributed by atoms with van der Waals surface area (Å²) in [6.07, 6.45) is 7.87. The molecule has 6 heteroatoms. The molecule has 0 atom stereocenters. The van der Waals surface area contributed by atoms with E-state index in [0.717, 1.165) is 37.5 Å². The van der Waals surface area contributed by atoms with Crippen molar-refractivity contribution in [3.8, 4) is 11.5 Å². The van der Waals surface area contributed by atoms with Gasteiger partial charge in [-0.1, -0.05) is 45.4 Å². The molecule has 0 aliphatic rings. The van der Waals surface area contributed by atoms with Gasteiger partial charge in [-0.2, -0.15) is 0 Å². The molecule has 1 aromatic rings. The molecule has 1 N–H and O–H groups in total. The molecule has 0 radical (unpaired) electrons. The molecule has 0 aliphatic carbocycles. The number of hydrogen-bond donors (Lipinski definition) is 1. The van der Waals surface area contributed by atoms with Crippen LogP contribution in [-0.4, -0.2) is 16.0 Å². The van der Waals surface area contributed by atoms with E-state index in [-0.39, 0.29) is 23.6 Å². The number of carbonyl (C=O) groups excluding carboxylic acids is 1. The van der Waals surface area contributed by atoms with E-state index in [2.05, 4.69) is 6.92 Å². The summed E-state index contributed by atoms with van der Waals surface area (Å²) in [4.78, 5) is 21.7. The molecule has 0 amide bonds. The predicted molar refractivity (Wildman–Crippen MR) is 83.0 cm³/mol. The summed E-state index contributed by atoms with van der Waals surface area (Å²) in [7, 11) is 0. The first-order valence-corrected chi connectivity index (χ1v) is 7.72. The van der Waals surface area contributed by atoms with Crippen molar-refractivity contribution < 1.29 is 19.6 Å². The number of esters is 1. The number of nitro groups is 1. The minimum absolute atomic E-state index is 0.165. The van der Waals surface area contributed by atoms with Crippen molar-refractivity contribution in [2.45, 2.75) is 58.3 Å². The number of non-ortho nitro benzene ring substituents is 1. The van der Waals surface area contributed by atoms with Gasteiger partial charge < -0.3 is 9.84 Å². The SMILES string of the molecule is CCCCCCCCCC(=O)Oc1cc([N+](=O)[O-])ccc1O. The van der Waals surface area contributed by atoms with E-state index in [9.17, 15) is 20.0 Å². The fraction of sp³-hybridized carbons (Fsp3) is 0.562. The Balaban J connectivity index is 2.33. The van der Waals surface area contributed by atoms with Gasteiger partial charge in [-0.25, -0.2) is 0 Å². The highest BCUT2D eigenvalue weighted by atomic mass is 16.6. The highest BCUT2D eigenvalue weighted by molar-refractivity contribution is 5.73. The van der Waals surface area contributed by atoms with Crippen molar-refractivity contribution in [3.63, 3.8) is 0 Å². The van der Waals surface area contributed by atoms with Crippen molar-refractivity contribution in [1.29, 1.82) is 0 Å². The third kappa shape index (κ3) is 6.56. The Kier molecular flexibility index (Phi) is 7.96. The number of ether oxygens (including phenoxy) is 1. The minimum atomic E-state index is -0.604. The fourth-order valence-corrected chi connectivity index (χ4v) is 2.10. The van der Waals surface area contributed by atoms with Crippen LogP contribution in [0.15, 0.2) is 18.2 Å². The number of nitrogens with zero attached hydrogens (tertiary/aromatic N) is 1. The monoisotopic (exact) mass is 309 g/mol. The second-order valence-corrected chi connectivity index (χ2v) is 5.25. The number of nitro benzene ring substituents is 1. The van der Waals surface area contributed by atoms with Crippen LogP contribution in [0.3, 0.4) is 0 Å². The van der Waals surface area contributed by atoms with Crippen LogP contribution < -0.4 is 4.74 Å².